The van der Waals surface area contributed by atoms with Gasteiger partial charge in [-0.3, -0.25) is 19.3 Å². The molecule has 5 heterocycles. The molecule has 7 fully saturated rings. The van der Waals surface area contributed by atoms with E-state index in [1.165, 1.54) is 6.42 Å². The van der Waals surface area contributed by atoms with Crippen LogP contribution in [0, 0.1) is 11.3 Å². The predicted molar refractivity (Wildman–Crippen MR) is 168 cm³/mol. The molecule has 2 bridgehead atoms. The van der Waals surface area contributed by atoms with E-state index in [4.69, 9.17) is 9.47 Å². The van der Waals surface area contributed by atoms with E-state index in [1.807, 2.05) is 9.80 Å². The molecule has 1 atom stereocenters. The number of carbonyl (C=O) groups is 3. The summed E-state index contributed by atoms with van der Waals surface area (Å²) in [5.41, 5.74) is -0.549. The Balaban J connectivity index is 0.958. The van der Waals surface area contributed by atoms with Crippen molar-refractivity contribution >= 4 is 17.7 Å². The van der Waals surface area contributed by atoms with Crippen molar-refractivity contribution in [2.45, 2.75) is 114 Å². The van der Waals surface area contributed by atoms with Crippen LogP contribution in [-0.4, -0.2) is 134 Å². The van der Waals surface area contributed by atoms with Gasteiger partial charge in [-0.05, 0) is 84.1 Å². The fourth-order valence-electron chi connectivity index (χ4n) is 8.53. The van der Waals surface area contributed by atoms with E-state index in [1.54, 1.807) is 0 Å². The fraction of sp³-hybridized carbons (Fsp3) is 0.912. The molecule has 0 aromatic heterocycles. The minimum atomic E-state index is -0.473. The van der Waals surface area contributed by atoms with Crippen LogP contribution in [0.15, 0.2) is 0 Å². The van der Waals surface area contributed by atoms with Crippen LogP contribution >= 0.6 is 0 Å². The number of piperidine rings is 2. The Morgan fingerprint density at radius 3 is 2.00 bits per heavy atom. The first kappa shape index (κ1) is 32.2. The van der Waals surface area contributed by atoms with Gasteiger partial charge in [-0.25, -0.2) is 0 Å². The van der Waals surface area contributed by atoms with E-state index in [2.05, 4.69) is 29.1 Å². The summed E-state index contributed by atoms with van der Waals surface area (Å²) in [6, 6.07) is -0.428. The van der Waals surface area contributed by atoms with Gasteiger partial charge in [-0.2, -0.15) is 0 Å². The zero-order valence-electron chi connectivity index (χ0n) is 27.4. The topological polar surface area (TPSA) is 94.7 Å². The van der Waals surface area contributed by atoms with Crippen molar-refractivity contribution in [2.75, 3.05) is 72.6 Å². The zero-order chi connectivity index (χ0) is 30.7. The lowest BCUT2D eigenvalue weighted by atomic mass is 9.66. The van der Waals surface area contributed by atoms with Gasteiger partial charge in [-0.1, -0.05) is 19.3 Å². The Morgan fingerprint density at radius 1 is 0.795 bits per heavy atom. The number of nitrogens with zero attached hydrogens (tertiary/aromatic N) is 4. The summed E-state index contributed by atoms with van der Waals surface area (Å²) in [6.45, 7) is 9.91. The van der Waals surface area contributed by atoms with Crippen molar-refractivity contribution in [3.05, 3.63) is 0 Å². The molecule has 10 nitrogen and oxygen atoms in total. The number of piperazine rings is 1. The molecule has 5 aliphatic heterocycles. The molecule has 7 aliphatic rings. The number of likely N-dealkylation sites (tertiary alicyclic amines) is 2. The molecule has 248 valence electrons. The number of likely N-dealkylation sites (N-methyl/N-ethyl adjacent to an activating group) is 1. The van der Waals surface area contributed by atoms with Gasteiger partial charge in [0.2, 0.25) is 17.7 Å². The van der Waals surface area contributed by atoms with Crippen LogP contribution in [0.5, 0.6) is 0 Å². The van der Waals surface area contributed by atoms with Crippen molar-refractivity contribution in [1.82, 2.24) is 24.9 Å². The van der Waals surface area contributed by atoms with Gasteiger partial charge in [0, 0.05) is 52.4 Å². The van der Waals surface area contributed by atoms with Gasteiger partial charge < -0.3 is 29.5 Å². The summed E-state index contributed by atoms with van der Waals surface area (Å²) in [6.07, 6.45) is 13.0. The number of hydrogen-bond acceptors (Lipinski definition) is 7. The quantitative estimate of drug-likeness (QED) is 0.449. The molecule has 0 aromatic carbocycles. The number of carbonyl (C=O) groups excluding carboxylic acids is 3. The lowest BCUT2D eigenvalue weighted by Gasteiger charge is -2.51. The molecule has 1 N–H and O–H groups in total. The van der Waals surface area contributed by atoms with Crippen LogP contribution < -0.4 is 5.32 Å². The van der Waals surface area contributed by atoms with E-state index >= 15 is 0 Å². The molecule has 5 saturated heterocycles. The Bertz CT molecular complexity index is 985. The van der Waals surface area contributed by atoms with E-state index in [0.29, 0.717) is 26.2 Å². The Labute approximate surface area is 264 Å². The number of fused-ring (bicyclic) bond motifs is 3. The highest BCUT2D eigenvalue weighted by molar-refractivity contribution is 5.90. The van der Waals surface area contributed by atoms with Crippen LogP contribution in [0.2, 0.25) is 0 Å². The van der Waals surface area contributed by atoms with Gasteiger partial charge in [0.25, 0.3) is 0 Å². The van der Waals surface area contributed by atoms with Gasteiger partial charge >= 0.3 is 0 Å². The lowest BCUT2D eigenvalue weighted by molar-refractivity contribution is -0.185. The van der Waals surface area contributed by atoms with Crippen molar-refractivity contribution in [1.29, 1.82) is 0 Å². The van der Waals surface area contributed by atoms with Crippen LogP contribution in [0.4, 0.5) is 0 Å². The Morgan fingerprint density at radius 2 is 1.41 bits per heavy atom. The van der Waals surface area contributed by atoms with E-state index in [9.17, 15) is 14.4 Å². The minimum absolute atomic E-state index is 0.0398. The first-order valence-electron chi connectivity index (χ1n) is 17.8. The van der Waals surface area contributed by atoms with Gasteiger partial charge in [0.05, 0.1) is 36.4 Å². The average Bonchev–Trinajstić information content (AvgIpc) is 3.05. The van der Waals surface area contributed by atoms with Crippen LogP contribution in [0.3, 0.4) is 0 Å². The van der Waals surface area contributed by atoms with Crippen molar-refractivity contribution in [3.63, 3.8) is 0 Å². The molecule has 1 unspecified atom stereocenters. The summed E-state index contributed by atoms with van der Waals surface area (Å²) >= 11 is 0. The average molecular weight is 616 g/mol. The third-order valence-corrected chi connectivity index (χ3v) is 12.0. The fourth-order valence-corrected chi connectivity index (χ4v) is 8.53. The second-order valence-corrected chi connectivity index (χ2v) is 15.2. The smallest absolute Gasteiger partial charge is 0.245 e. The van der Waals surface area contributed by atoms with Gasteiger partial charge in [0.15, 0.2) is 0 Å². The highest BCUT2D eigenvalue weighted by Gasteiger charge is 2.52. The van der Waals surface area contributed by atoms with Crippen molar-refractivity contribution in [2.24, 2.45) is 11.3 Å². The van der Waals surface area contributed by atoms with Crippen LogP contribution in [0.25, 0.3) is 0 Å². The molecule has 0 radical (unpaired) electrons. The maximum Gasteiger partial charge on any atom is 0.245 e. The molecule has 0 aromatic rings. The first-order valence-corrected chi connectivity index (χ1v) is 17.8. The first-order chi connectivity index (χ1) is 21.2. The highest BCUT2D eigenvalue weighted by Crippen LogP contribution is 2.49. The lowest BCUT2D eigenvalue weighted by Crippen LogP contribution is -2.61. The Hall–Kier alpha value is -1.75. The largest absolute Gasteiger partial charge is 0.375 e. The summed E-state index contributed by atoms with van der Waals surface area (Å²) in [7, 11) is 2.11. The highest BCUT2D eigenvalue weighted by atomic mass is 16.5. The number of nitrogens with one attached hydrogen (secondary N) is 1. The second-order valence-electron chi connectivity index (χ2n) is 15.2. The van der Waals surface area contributed by atoms with E-state index in [0.717, 1.165) is 116 Å². The normalized spacial score (nSPS) is 32.5. The monoisotopic (exact) mass is 615 g/mol. The molecular weight excluding hydrogens is 558 g/mol. The summed E-state index contributed by atoms with van der Waals surface area (Å²) in [5, 5.41) is 3.32. The van der Waals surface area contributed by atoms with E-state index < -0.39 is 11.5 Å². The summed E-state index contributed by atoms with van der Waals surface area (Å²) in [5.74, 6) is 0.622. The standard InChI is InChI=1S/C34H57N5O5/c1-33-12-14-34(15-13-33,25-43-33)32(42)35-30(26-6-4-3-5-7-26)31(41)39-18-10-28(11-19-39)44-27-8-16-37(17-9-27)24-29(40)38-22-20-36(2)21-23-38/h26-28,30H,3-25H2,1-2H3,(H,35,42). The van der Waals surface area contributed by atoms with Crippen molar-refractivity contribution in [3.8, 4) is 0 Å². The van der Waals surface area contributed by atoms with Crippen molar-refractivity contribution < 1.29 is 23.9 Å². The predicted octanol–water partition coefficient (Wildman–Crippen LogP) is 2.65. The number of ether oxygens (including phenoxy) is 2. The molecular formula is C34H57N5O5. The molecule has 44 heavy (non-hydrogen) atoms. The SMILES string of the molecule is CN1CCN(C(=O)CN2CCC(OC3CCN(C(=O)C(NC(=O)C45CCC(C)(CC4)OC5)C4CCCCC4)CC3)CC2)CC1. The third kappa shape index (κ3) is 7.45. The van der Waals surface area contributed by atoms with Gasteiger partial charge in [0.1, 0.15) is 6.04 Å². The summed E-state index contributed by atoms with van der Waals surface area (Å²) in [4.78, 5) is 49.1. The second kappa shape index (κ2) is 13.9. The molecule has 2 aliphatic carbocycles. The molecule has 2 saturated carbocycles. The third-order valence-electron chi connectivity index (χ3n) is 12.0. The number of amides is 3. The molecule has 10 heteroatoms. The van der Waals surface area contributed by atoms with E-state index in [-0.39, 0.29) is 41.4 Å². The summed E-state index contributed by atoms with van der Waals surface area (Å²) < 4.78 is 12.7. The molecule has 3 amide bonds. The maximum atomic E-state index is 14.0. The minimum Gasteiger partial charge on any atom is -0.375 e. The number of hydrogen-bond donors (Lipinski definition) is 1. The Kier molecular flexibility index (Phi) is 10.2. The zero-order valence-corrected chi connectivity index (χ0v) is 27.4. The van der Waals surface area contributed by atoms with Crippen LogP contribution in [-0.2, 0) is 23.9 Å². The number of rotatable bonds is 8. The van der Waals surface area contributed by atoms with Crippen LogP contribution in [0.1, 0.15) is 90.4 Å². The molecule has 7 rings (SSSR count). The van der Waals surface area contributed by atoms with Gasteiger partial charge in [-0.15, -0.1) is 0 Å². The molecule has 0 spiro atoms. The maximum absolute atomic E-state index is 14.0.